The van der Waals surface area contributed by atoms with Crippen molar-refractivity contribution in [1.29, 1.82) is 0 Å². The first kappa shape index (κ1) is 16.4. The third kappa shape index (κ3) is 3.48. The molecule has 112 valence electrons. The highest BCUT2D eigenvalue weighted by Gasteiger charge is 2.47. The molecule has 0 spiro atoms. The summed E-state index contributed by atoms with van der Waals surface area (Å²) in [6.45, 7) is 8.11. The largest absolute Gasteiger partial charge is 0.481 e. The zero-order valence-electron chi connectivity index (χ0n) is 12.0. The Morgan fingerprint density at radius 1 is 1.40 bits per heavy atom. The van der Waals surface area contributed by atoms with Crippen LogP contribution in [0, 0.1) is 11.3 Å². The zero-order valence-corrected chi connectivity index (χ0v) is 12.0. The predicted molar refractivity (Wildman–Crippen MR) is 76.3 cm³/mol. The van der Waals surface area contributed by atoms with E-state index < -0.39 is 11.4 Å². The molecule has 0 radical (unpaired) electrons. The smallest absolute Gasteiger partial charge is 0.313 e. The van der Waals surface area contributed by atoms with Crippen LogP contribution in [0.2, 0.25) is 0 Å². The third-order valence-corrected chi connectivity index (χ3v) is 3.79. The van der Waals surface area contributed by atoms with Crippen molar-refractivity contribution in [2.45, 2.75) is 19.3 Å². The lowest BCUT2D eigenvalue weighted by Crippen LogP contribution is -2.41. The first-order valence-corrected chi connectivity index (χ1v) is 6.73. The van der Waals surface area contributed by atoms with E-state index in [-0.39, 0.29) is 25.0 Å². The molecule has 1 aliphatic rings. The average molecular weight is 281 g/mol. The van der Waals surface area contributed by atoms with E-state index >= 15 is 0 Å². The number of hydrogen-bond acceptors (Lipinski definition) is 3. The standard InChI is InChI=1S/C15H23NO4/c1-4-6-12(7-5-2)13(17)16-9-8-15(10-16,11-20-3)14(18)19/h4-5,12H,1-2,6-11H2,3H3,(H,18,19). The Hall–Kier alpha value is -1.62. The molecule has 0 bridgehead atoms. The number of likely N-dealkylation sites (tertiary alicyclic amines) is 1. The van der Waals surface area contributed by atoms with Gasteiger partial charge in [0.1, 0.15) is 5.41 Å². The fourth-order valence-electron chi connectivity index (χ4n) is 2.65. The molecule has 0 aromatic rings. The molecule has 5 heteroatoms. The van der Waals surface area contributed by atoms with Crippen LogP contribution in [0.4, 0.5) is 0 Å². The summed E-state index contributed by atoms with van der Waals surface area (Å²) in [4.78, 5) is 25.5. The fourth-order valence-corrected chi connectivity index (χ4v) is 2.65. The highest BCUT2D eigenvalue weighted by Crippen LogP contribution is 2.32. The third-order valence-electron chi connectivity index (χ3n) is 3.79. The molecule has 1 N–H and O–H groups in total. The highest BCUT2D eigenvalue weighted by atomic mass is 16.5. The SMILES string of the molecule is C=CCC(CC=C)C(=O)N1CCC(COC)(C(=O)O)C1. The monoisotopic (exact) mass is 281 g/mol. The molecule has 0 aliphatic carbocycles. The molecule has 1 amide bonds. The Bertz CT molecular complexity index is 383. The van der Waals surface area contributed by atoms with Gasteiger partial charge in [-0.3, -0.25) is 9.59 Å². The maximum Gasteiger partial charge on any atom is 0.313 e. The molecule has 1 atom stereocenters. The van der Waals surface area contributed by atoms with Gasteiger partial charge in [0.05, 0.1) is 6.61 Å². The van der Waals surface area contributed by atoms with Gasteiger partial charge >= 0.3 is 5.97 Å². The summed E-state index contributed by atoms with van der Waals surface area (Å²) in [5.74, 6) is -1.13. The van der Waals surface area contributed by atoms with Gasteiger partial charge in [-0.2, -0.15) is 0 Å². The second-order valence-electron chi connectivity index (χ2n) is 5.27. The van der Waals surface area contributed by atoms with Crippen molar-refractivity contribution in [3.05, 3.63) is 25.3 Å². The maximum atomic E-state index is 12.4. The number of carboxylic acid groups (broad SMARTS) is 1. The van der Waals surface area contributed by atoms with Crippen LogP contribution in [0.5, 0.6) is 0 Å². The molecule has 1 heterocycles. The predicted octanol–water partition coefficient (Wildman–Crippen LogP) is 1.70. The van der Waals surface area contributed by atoms with Gasteiger partial charge in [-0.25, -0.2) is 0 Å². The second-order valence-corrected chi connectivity index (χ2v) is 5.27. The molecular weight excluding hydrogens is 258 g/mol. The number of amides is 1. The fraction of sp³-hybridized carbons (Fsp3) is 0.600. The number of methoxy groups -OCH3 is 1. The van der Waals surface area contributed by atoms with Crippen molar-refractivity contribution in [1.82, 2.24) is 4.90 Å². The van der Waals surface area contributed by atoms with E-state index in [1.54, 1.807) is 17.1 Å². The van der Waals surface area contributed by atoms with E-state index in [1.165, 1.54) is 7.11 Å². The normalized spacial score (nSPS) is 22.0. The summed E-state index contributed by atoms with van der Waals surface area (Å²) in [5.41, 5.74) is -0.975. The number of carboxylic acids is 1. The topological polar surface area (TPSA) is 66.8 Å². The van der Waals surface area contributed by atoms with E-state index in [2.05, 4.69) is 13.2 Å². The van der Waals surface area contributed by atoms with Crippen LogP contribution in [-0.2, 0) is 14.3 Å². The molecule has 0 aromatic carbocycles. The molecule has 1 fully saturated rings. The van der Waals surface area contributed by atoms with Crippen LogP contribution in [0.3, 0.4) is 0 Å². The Kier molecular flexibility index (Phi) is 5.95. The van der Waals surface area contributed by atoms with Gasteiger partial charge in [0.25, 0.3) is 0 Å². The lowest BCUT2D eigenvalue weighted by Gasteiger charge is -2.26. The second kappa shape index (κ2) is 7.24. The van der Waals surface area contributed by atoms with Crippen LogP contribution in [0.25, 0.3) is 0 Å². The molecular formula is C15H23NO4. The molecule has 20 heavy (non-hydrogen) atoms. The van der Waals surface area contributed by atoms with Crippen molar-refractivity contribution < 1.29 is 19.4 Å². The van der Waals surface area contributed by atoms with E-state index in [0.717, 1.165) is 0 Å². The minimum absolute atomic E-state index is 0.0240. The number of hydrogen-bond donors (Lipinski definition) is 1. The summed E-state index contributed by atoms with van der Waals surface area (Å²) < 4.78 is 5.02. The van der Waals surface area contributed by atoms with Crippen molar-refractivity contribution >= 4 is 11.9 Å². The van der Waals surface area contributed by atoms with Gasteiger partial charge in [0.2, 0.25) is 5.91 Å². The Morgan fingerprint density at radius 2 is 2.00 bits per heavy atom. The number of carbonyl (C=O) groups excluding carboxylic acids is 1. The first-order valence-electron chi connectivity index (χ1n) is 6.73. The van der Waals surface area contributed by atoms with Crippen molar-refractivity contribution in [3.8, 4) is 0 Å². The van der Waals surface area contributed by atoms with E-state index in [9.17, 15) is 14.7 Å². The molecule has 1 saturated heterocycles. The minimum atomic E-state index is -0.975. The molecule has 5 nitrogen and oxygen atoms in total. The number of rotatable bonds is 8. The van der Waals surface area contributed by atoms with Crippen molar-refractivity contribution in [2.75, 3.05) is 26.8 Å². The number of aliphatic carboxylic acids is 1. The lowest BCUT2D eigenvalue weighted by molar-refractivity contribution is -0.151. The summed E-state index contributed by atoms with van der Waals surface area (Å²) in [6.07, 6.45) is 5.00. The summed E-state index contributed by atoms with van der Waals surface area (Å²) >= 11 is 0. The summed E-state index contributed by atoms with van der Waals surface area (Å²) in [5, 5.41) is 9.39. The van der Waals surface area contributed by atoms with Crippen molar-refractivity contribution in [3.63, 3.8) is 0 Å². The first-order chi connectivity index (χ1) is 9.50. The molecule has 1 rings (SSSR count). The molecule has 0 saturated carbocycles. The van der Waals surface area contributed by atoms with E-state index in [4.69, 9.17) is 4.74 Å². The van der Waals surface area contributed by atoms with Crippen LogP contribution >= 0.6 is 0 Å². The number of nitrogens with zero attached hydrogens (tertiary/aromatic N) is 1. The van der Waals surface area contributed by atoms with Gasteiger partial charge in [-0.05, 0) is 19.3 Å². The summed E-state index contributed by atoms with van der Waals surface area (Å²) in [7, 11) is 1.48. The number of carbonyl (C=O) groups is 2. The van der Waals surface area contributed by atoms with E-state index in [0.29, 0.717) is 25.8 Å². The number of allylic oxidation sites excluding steroid dienone is 2. The van der Waals surface area contributed by atoms with Gasteiger partial charge in [-0.1, -0.05) is 12.2 Å². The molecule has 0 aromatic heterocycles. The van der Waals surface area contributed by atoms with Gasteiger partial charge < -0.3 is 14.7 Å². The Morgan fingerprint density at radius 3 is 2.45 bits per heavy atom. The van der Waals surface area contributed by atoms with E-state index in [1.807, 2.05) is 0 Å². The minimum Gasteiger partial charge on any atom is -0.481 e. The lowest BCUT2D eigenvalue weighted by atomic mass is 9.88. The molecule has 1 unspecified atom stereocenters. The maximum absolute atomic E-state index is 12.4. The highest BCUT2D eigenvalue weighted by molar-refractivity contribution is 5.82. The van der Waals surface area contributed by atoms with Gasteiger partial charge in [0.15, 0.2) is 0 Å². The number of ether oxygens (including phenoxy) is 1. The quantitative estimate of drug-likeness (QED) is 0.688. The van der Waals surface area contributed by atoms with Crippen LogP contribution in [0.15, 0.2) is 25.3 Å². The summed E-state index contributed by atoms with van der Waals surface area (Å²) in [6, 6.07) is 0. The van der Waals surface area contributed by atoms with Gasteiger partial charge in [0, 0.05) is 26.1 Å². The Balaban J connectivity index is 2.78. The van der Waals surface area contributed by atoms with Crippen LogP contribution in [0.1, 0.15) is 19.3 Å². The zero-order chi connectivity index (χ0) is 15.2. The van der Waals surface area contributed by atoms with Gasteiger partial charge in [-0.15, -0.1) is 13.2 Å². The van der Waals surface area contributed by atoms with Crippen molar-refractivity contribution in [2.24, 2.45) is 11.3 Å². The average Bonchev–Trinajstić information content (AvgIpc) is 2.84. The Labute approximate surface area is 119 Å². The molecule has 1 aliphatic heterocycles. The van der Waals surface area contributed by atoms with Crippen LogP contribution < -0.4 is 0 Å². The van der Waals surface area contributed by atoms with Crippen LogP contribution in [-0.4, -0.2) is 48.7 Å².